The van der Waals surface area contributed by atoms with E-state index < -0.39 is 0 Å². The lowest BCUT2D eigenvalue weighted by Crippen LogP contribution is -2.05. The van der Waals surface area contributed by atoms with E-state index in [0.717, 1.165) is 6.54 Å². The molecule has 0 bridgehead atoms. The minimum absolute atomic E-state index is 0.411. The molecule has 4 heteroatoms. The van der Waals surface area contributed by atoms with Crippen LogP contribution in [-0.4, -0.2) is 14.8 Å². The van der Waals surface area contributed by atoms with Crippen molar-refractivity contribution in [2.24, 2.45) is 0 Å². The van der Waals surface area contributed by atoms with Crippen LogP contribution in [-0.2, 0) is 6.54 Å². The normalized spacial score (nSPS) is 12.2. The van der Waals surface area contributed by atoms with Gasteiger partial charge >= 0.3 is 0 Å². The summed E-state index contributed by atoms with van der Waals surface area (Å²) in [5.41, 5.74) is 1.36. The Bertz CT molecular complexity index is 680. The molecule has 1 unspecified atom stereocenters. The summed E-state index contributed by atoms with van der Waals surface area (Å²) in [5.74, 6) is 0.411. The molecule has 0 N–H and O–H groups in total. The van der Waals surface area contributed by atoms with Crippen molar-refractivity contribution >= 4 is 11.8 Å². The van der Waals surface area contributed by atoms with E-state index in [-0.39, 0.29) is 0 Å². The van der Waals surface area contributed by atoms with Crippen LogP contribution in [0.15, 0.2) is 77.0 Å². The quantitative estimate of drug-likeness (QED) is 0.705. The molecule has 21 heavy (non-hydrogen) atoms. The molecule has 0 radical (unpaired) electrons. The molecule has 0 aliphatic carbocycles. The fourth-order valence-corrected chi connectivity index (χ4v) is 3.41. The molecule has 2 aromatic carbocycles. The summed E-state index contributed by atoms with van der Waals surface area (Å²) in [6, 6.07) is 19.1. The van der Waals surface area contributed by atoms with E-state index in [0.29, 0.717) is 5.92 Å². The highest BCUT2D eigenvalue weighted by Gasteiger charge is 2.12. The van der Waals surface area contributed by atoms with Gasteiger partial charge in [0.15, 0.2) is 0 Å². The molecule has 1 heterocycles. The summed E-state index contributed by atoms with van der Waals surface area (Å²) >= 11 is 1.81. The van der Waals surface area contributed by atoms with E-state index in [1.165, 1.54) is 15.4 Å². The average molecular weight is 295 g/mol. The van der Waals surface area contributed by atoms with Crippen molar-refractivity contribution in [3.8, 4) is 0 Å². The summed E-state index contributed by atoms with van der Waals surface area (Å²) in [5, 5.41) is 7.73. The van der Waals surface area contributed by atoms with E-state index in [9.17, 15) is 0 Å². The van der Waals surface area contributed by atoms with Gasteiger partial charge in [0, 0.05) is 22.3 Å². The van der Waals surface area contributed by atoms with Crippen molar-refractivity contribution in [2.45, 2.75) is 29.2 Å². The molecule has 1 aromatic heterocycles. The molecule has 0 aliphatic rings. The Hall–Kier alpha value is -2.07. The summed E-state index contributed by atoms with van der Waals surface area (Å²) in [7, 11) is 0. The van der Waals surface area contributed by atoms with Gasteiger partial charge in [0.2, 0.25) is 0 Å². The van der Waals surface area contributed by atoms with Gasteiger partial charge in [0.05, 0.1) is 0 Å². The molecular weight excluding hydrogens is 278 g/mol. The zero-order valence-electron chi connectivity index (χ0n) is 11.9. The zero-order valence-corrected chi connectivity index (χ0v) is 12.7. The highest BCUT2D eigenvalue weighted by atomic mass is 32.2. The third-order valence-corrected chi connectivity index (χ3v) is 4.47. The van der Waals surface area contributed by atoms with Crippen LogP contribution in [0.4, 0.5) is 0 Å². The second-order valence-corrected chi connectivity index (χ2v) is 6.13. The maximum atomic E-state index is 3.87. The van der Waals surface area contributed by atoms with Crippen LogP contribution in [0.5, 0.6) is 0 Å². The number of aromatic nitrogens is 3. The first-order valence-electron chi connectivity index (χ1n) is 6.97. The predicted molar refractivity (Wildman–Crippen MR) is 85.4 cm³/mol. The Morgan fingerprint density at radius 2 is 1.62 bits per heavy atom. The van der Waals surface area contributed by atoms with Gasteiger partial charge in [-0.2, -0.15) is 0 Å². The second-order valence-electron chi connectivity index (χ2n) is 5.01. The van der Waals surface area contributed by atoms with Crippen molar-refractivity contribution in [3.05, 3.63) is 72.8 Å². The predicted octanol–water partition coefficient (Wildman–Crippen LogP) is 4.23. The first kappa shape index (κ1) is 13.9. The molecule has 0 fully saturated rings. The summed E-state index contributed by atoms with van der Waals surface area (Å²) in [6.45, 7) is 3.13. The highest BCUT2D eigenvalue weighted by molar-refractivity contribution is 7.99. The third kappa shape index (κ3) is 3.52. The van der Waals surface area contributed by atoms with Gasteiger partial charge in [-0.05, 0) is 23.8 Å². The van der Waals surface area contributed by atoms with Gasteiger partial charge in [0.25, 0.3) is 0 Å². The Morgan fingerprint density at radius 3 is 2.38 bits per heavy atom. The van der Waals surface area contributed by atoms with Crippen molar-refractivity contribution in [2.75, 3.05) is 0 Å². The molecule has 0 spiro atoms. The fourth-order valence-electron chi connectivity index (χ4n) is 2.33. The largest absolute Gasteiger partial charge is 0.320 e. The Labute approximate surface area is 129 Å². The van der Waals surface area contributed by atoms with Crippen molar-refractivity contribution in [3.63, 3.8) is 0 Å². The van der Waals surface area contributed by atoms with Gasteiger partial charge in [-0.3, -0.25) is 0 Å². The molecule has 3 nitrogen and oxygen atoms in total. The molecule has 3 aromatic rings. The van der Waals surface area contributed by atoms with Gasteiger partial charge in [-0.25, -0.2) is 0 Å². The molecule has 106 valence electrons. The number of hydrogen-bond donors (Lipinski definition) is 0. The Balaban J connectivity index is 1.82. The lowest BCUT2D eigenvalue weighted by molar-refractivity contribution is 0.588. The monoisotopic (exact) mass is 295 g/mol. The minimum Gasteiger partial charge on any atom is -0.320 e. The van der Waals surface area contributed by atoms with Crippen LogP contribution in [0.3, 0.4) is 0 Å². The first-order chi connectivity index (χ1) is 10.3. The minimum atomic E-state index is 0.411. The summed E-state index contributed by atoms with van der Waals surface area (Å²) in [6.07, 6.45) is 3.53. The van der Waals surface area contributed by atoms with Crippen LogP contribution < -0.4 is 0 Å². The van der Waals surface area contributed by atoms with Gasteiger partial charge in [-0.15, -0.1) is 10.2 Å². The Morgan fingerprint density at radius 1 is 0.952 bits per heavy atom. The summed E-state index contributed by atoms with van der Waals surface area (Å²) in [4.78, 5) is 2.57. The Kier molecular flexibility index (Phi) is 4.36. The molecule has 1 atom stereocenters. The van der Waals surface area contributed by atoms with Crippen LogP contribution in [0.1, 0.15) is 18.4 Å². The van der Waals surface area contributed by atoms with Gasteiger partial charge in [0.1, 0.15) is 12.7 Å². The number of benzene rings is 2. The van der Waals surface area contributed by atoms with E-state index >= 15 is 0 Å². The summed E-state index contributed by atoms with van der Waals surface area (Å²) < 4.78 is 2.02. The SMILES string of the molecule is CC(Cn1cnnc1)c1ccccc1Sc1ccccc1. The van der Waals surface area contributed by atoms with E-state index in [1.54, 1.807) is 12.7 Å². The van der Waals surface area contributed by atoms with Gasteiger partial charge < -0.3 is 4.57 Å². The standard InChI is InChI=1S/C17H17N3S/c1-14(11-20-12-18-19-13-20)16-9-5-6-10-17(16)21-15-7-3-2-4-8-15/h2-10,12-14H,11H2,1H3. The lowest BCUT2D eigenvalue weighted by Gasteiger charge is -2.16. The smallest absolute Gasteiger partial charge is 0.119 e. The molecular formula is C17H17N3S. The topological polar surface area (TPSA) is 30.7 Å². The van der Waals surface area contributed by atoms with Crippen LogP contribution >= 0.6 is 11.8 Å². The molecule has 3 rings (SSSR count). The maximum Gasteiger partial charge on any atom is 0.119 e. The van der Waals surface area contributed by atoms with Crippen LogP contribution in [0, 0.1) is 0 Å². The van der Waals surface area contributed by atoms with Crippen LogP contribution in [0.25, 0.3) is 0 Å². The van der Waals surface area contributed by atoms with Crippen molar-refractivity contribution < 1.29 is 0 Å². The molecule has 0 amide bonds. The van der Waals surface area contributed by atoms with E-state index in [2.05, 4.69) is 65.7 Å². The third-order valence-electron chi connectivity index (χ3n) is 3.37. The zero-order chi connectivity index (χ0) is 14.5. The average Bonchev–Trinajstić information content (AvgIpc) is 3.02. The van der Waals surface area contributed by atoms with Crippen molar-refractivity contribution in [1.82, 2.24) is 14.8 Å². The molecule has 0 saturated carbocycles. The number of rotatable bonds is 5. The van der Waals surface area contributed by atoms with E-state index in [4.69, 9.17) is 0 Å². The highest BCUT2D eigenvalue weighted by Crippen LogP contribution is 2.34. The number of nitrogens with zero attached hydrogens (tertiary/aromatic N) is 3. The molecule has 0 aliphatic heterocycles. The van der Waals surface area contributed by atoms with Gasteiger partial charge in [-0.1, -0.05) is 55.1 Å². The first-order valence-corrected chi connectivity index (χ1v) is 7.79. The number of hydrogen-bond acceptors (Lipinski definition) is 3. The fraction of sp³-hybridized carbons (Fsp3) is 0.176. The van der Waals surface area contributed by atoms with Crippen molar-refractivity contribution in [1.29, 1.82) is 0 Å². The van der Waals surface area contributed by atoms with Crippen LogP contribution in [0.2, 0.25) is 0 Å². The second kappa shape index (κ2) is 6.59. The van der Waals surface area contributed by atoms with E-state index in [1.807, 2.05) is 22.4 Å². The lowest BCUT2D eigenvalue weighted by atomic mass is 10.0. The maximum absolute atomic E-state index is 3.87. The molecule has 0 saturated heterocycles.